The highest BCUT2D eigenvalue weighted by Gasteiger charge is 2.24. The van der Waals surface area contributed by atoms with Crippen LogP contribution < -0.4 is 0 Å². The third-order valence-corrected chi connectivity index (χ3v) is 3.67. The fourth-order valence-electron chi connectivity index (χ4n) is 2.37. The lowest BCUT2D eigenvalue weighted by Crippen LogP contribution is -2.25. The molecule has 0 aliphatic heterocycles. The lowest BCUT2D eigenvalue weighted by atomic mass is 10.1. The van der Waals surface area contributed by atoms with E-state index in [9.17, 15) is 0 Å². The Kier molecular flexibility index (Phi) is 4.25. The van der Waals surface area contributed by atoms with Crippen molar-refractivity contribution in [3.05, 3.63) is 66.3 Å². The summed E-state index contributed by atoms with van der Waals surface area (Å²) < 4.78 is 5.54. The van der Waals surface area contributed by atoms with Crippen molar-refractivity contribution >= 4 is 0 Å². The summed E-state index contributed by atoms with van der Waals surface area (Å²) in [6.45, 7) is 2.99. The molecule has 22 heavy (non-hydrogen) atoms. The van der Waals surface area contributed by atoms with Crippen LogP contribution in [0.2, 0.25) is 0 Å². The van der Waals surface area contributed by atoms with Gasteiger partial charge in [0.05, 0.1) is 0 Å². The summed E-state index contributed by atoms with van der Waals surface area (Å²) >= 11 is 0. The van der Waals surface area contributed by atoms with Crippen molar-refractivity contribution in [3.8, 4) is 11.4 Å². The molecule has 5 nitrogen and oxygen atoms in total. The summed E-state index contributed by atoms with van der Waals surface area (Å²) in [7, 11) is 2.05. The number of nitrogens with zero attached hydrogens (tertiary/aromatic N) is 4. The van der Waals surface area contributed by atoms with Crippen LogP contribution in [0.3, 0.4) is 0 Å². The molecule has 1 atom stereocenters. The van der Waals surface area contributed by atoms with Crippen molar-refractivity contribution < 1.29 is 4.52 Å². The van der Waals surface area contributed by atoms with Gasteiger partial charge in [0.15, 0.2) is 0 Å². The average molecular weight is 294 g/mol. The first-order chi connectivity index (χ1) is 10.8. The maximum absolute atomic E-state index is 5.54. The molecule has 3 aromatic rings. The molecule has 5 heteroatoms. The van der Waals surface area contributed by atoms with Gasteiger partial charge in [0.1, 0.15) is 6.04 Å². The molecule has 0 fully saturated rings. The van der Waals surface area contributed by atoms with Crippen LogP contribution in [0.4, 0.5) is 0 Å². The molecule has 0 aliphatic rings. The van der Waals surface area contributed by atoms with Crippen molar-refractivity contribution in [2.75, 3.05) is 13.6 Å². The largest absolute Gasteiger partial charge is 0.337 e. The first-order valence-electron chi connectivity index (χ1n) is 7.28. The molecule has 0 saturated carbocycles. The van der Waals surface area contributed by atoms with Crippen molar-refractivity contribution in [3.63, 3.8) is 0 Å². The number of aromatic nitrogens is 3. The molecular formula is C17H18N4O. The van der Waals surface area contributed by atoms with E-state index in [0.29, 0.717) is 11.7 Å². The van der Waals surface area contributed by atoms with Crippen molar-refractivity contribution in [1.29, 1.82) is 0 Å². The van der Waals surface area contributed by atoms with Gasteiger partial charge in [-0.1, -0.05) is 42.4 Å². The second kappa shape index (κ2) is 6.49. The SMILES string of the molecule is CCN(C)[C@H](c1ccccc1)c1nc(-c2ccncc2)no1. The smallest absolute Gasteiger partial charge is 0.248 e. The van der Waals surface area contributed by atoms with E-state index in [-0.39, 0.29) is 6.04 Å². The second-order valence-electron chi connectivity index (χ2n) is 5.08. The number of rotatable bonds is 5. The average Bonchev–Trinajstić information content (AvgIpc) is 3.06. The Hall–Kier alpha value is -2.53. The standard InChI is InChI=1S/C17H18N4O/c1-3-21(2)15(13-7-5-4-6-8-13)17-19-16(20-22-17)14-9-11-18-12-10-14/h4-12,15H,3H2,1-2H3/t15-/m1/s1. The summed E-state index contributed by atoms with van der Waals surface area (Å²) in [5.41, 5.74) is 2.03. The minimum atomic E-state index is -0.0470. The predicted octanol–water partition coefficient (Wildman–Crippen LogP) is 3.17. The monoisotopic (exact) mass is 294 g/mol. The van der Waals surface area contributed by atoms with E-state index >= 15 is 0 Å². The molecule has 0 N–H and O–H groups in total. The van der Waals surface area contributed by atoms with Crippen LogP contribution in [0.5, 0.6) is 0 Å². The summed E-state index contributed by atoms with van der Waals surface area (Å²) in [6.07, 6.45) is 3.44. The minimum Gasteiger partial charge on any atom is -0.337 e. The van der Waals surface area contributed by atoms with E-state index in [4.69, 9.17) is 4.52 Å². The molecule has 0 amide bonds. The van der Waals surface area contributed by atoms with Crippen molar-refractivity contribution in [2.45, 2.75) is 13.0 Å². The number of pyridine rings is 1. The minimum absolute atomic E-state index is 0.0470. The molecular weight excluding hydrogens is 276 g/mol. The van der Waals surface area contributed by atoms with Crippen LogP contribution in [0, 0.1) is 0 Å². The van der Waals surface area contributed by atoms with E-state index in [1.54, 1.807) is 12.4 Å². The predicted molar refractivity (Wildman–Crippen MR) is 84.1 cm³/mol. The van der Waals surface area contributed by atoms with E-state index in [2.05, 4.69) is 39.1 Å². The molecule has 0 aliphatic carbocycles. The first kappa shape index (κ1) is 14.4. The van der Waals surface area contributed by atoms with Gasteiger partial charge in [0.25, 0.3) is 0 Å². The Morgan fingerprint density at radius 3 is 2.50 bits per heavy atom. The maximum Gasteiger partial charge on any atom is 0.248 e. The highest BCUT2D eigenvalue weighted by atomic mass is 16.5. The van der Waals surface area contributed by atoms with Gasteiger partial charge in [0.2, 0.25) is 11.7 Å². The van der Waals surface area contributed by atoms with Gasteiger partial charge >= 0.3 is 0 Å². The van der Waals surface area contributed by atoms with Gasteiger partial charge in [-0.2, -0.15) is 4.98 Å². The molecule has 0 bridgehead atoms. The number of hydrogen-bond donors (Lipinski definition) is 0. The number of benzene rings is 1. The zero-order chi connectivity index (χ0) is 15.4. The fourth-order valence-corrected chi connectivity index (χ4v) is 2.37. The summed E-state index contributed by atoms with van der Waals surface area (Å²) in [6, 6.07) is 13.9. The van der Waals surface area contributed by atoms with Crippen molar-refractivity contribution in [1.82, 2.24) is 20.0 Å². The van der Waals surface area contributed by atoms with Crippen LogP contribution in [-0.4, -0.2) is 33.6 Å². The Balaban J connectivity index is 1.98. The Morgan fingerprint density at radius 2 is 1.82 bits per heavy atom. The van der Waals surface area contributed by atoms with Gasteiger partial charge in [-0.3, -0.25) is 9.88 Å². The fraction of sp³-hybridized carbons (Fsp3) is 0.235. The van der Waals surface area contributed by atoms with E-state index in [1.807, 2.05) is 37.4 Å². The molecule has 0 saturated heterocycles. The molecule has 0 radical (unpaired) electrons. The normalized spacial score (nSPS) is 12.5. The Labute approximate surface area is 129 Å². The Morgan fingerprint density at radius 1 is 1.09 bits per heavy atom. The zero-order valence-corrected chi connectivity index (χ0v) is 12.7. The quantitative estimate of drug-likeness (QED) is 0.723. The zero-order valence-electron chi connectivity index (χ0n) is 12.7. The van der Waals surface area contributed by atoms with Gasteiger partial charge < -0.3 is 4.52 Å². The van der Waals surface area contributed by atoms with Crippen molar-refractivity contribution in [2.24, 2.45) is 0 Å². The number of hydrogen-bond acceptors (Lipinski definition) is 5. The molecule has 0 unspecified atom stereocenters. The van der Waals surface area contributed by atoms with Gasteiger partial charge in [-0.25, -0.2) is 0 Å². The van der Waals surface area contributed by atoms with Crippen LogP contribution in [0.1, 0.15) is 24.4 Å². The Bertz CT molecular complexity index is 712. The molecule has 3 rings (SSSR count). The third kappa shape index (κ3) is 2.89. The van der Waals surface area contributed by atoms with Crippen LogP contribution in [0.15, 0.2) is 59.4 Å². The highest BCUT2D eigenvalue weighted by molar-refractivity contribution is 5.52. The molecule has 2 heterocycles. The van der Waals surface area contributed by atoms with Gasteiger partial charge in [0, 0.05) is 18.0 Å². The van der Waals surface area contributed by atoms with E-state index in [1.165, 1.54) is 0 Å². The molecule has 1 aromatic carbocycles. The van der Waals surface area contributed by atoms with E-state index < -0.39 is 0 Å². The second-order valence-corrected chi connectivity index (χ2v) is 5.08. The topological polar surface area (TPSA) is 55.1 Å². The van der Waals surface area contributed by atoms with Crippen LogP contribution in [-0.2, 0) is 0 Å². The third-order valence-electron chi connectivity index (χ3n) is 3.67. The lowest BCUT2D eigenvalue weighted by Gasteiger charge is -2.23. The van der Waals surface area contributed by atoms with Gasteiger partial charge in [-0.15, -0.1) is 0 Å². The summed E-state index contributed by atoms with van der Waals surface area (Å²) in [5.74, 6) is 1.19. The highest BCUT2D eigenvalue weighted by Crippen LogP contribution is 2.27. The van der Waals surface area contributed by atoms with Crippen LogP contribution >= 0.6 is 0 Å². The summed E-state index contributed by atoms with van der Waals surface area (Å²) in [4.78, 5) is 10.8. The molecule has 2 aromatic heterocycles. The first-order valence-corrected chi connectivity index (χ1v) is 7.28. The van der Waals surface area contributed by atoms with Crippen LogP contribution in [0.25, 0.3) is 11.4 Å². The summed E-state index contributed by atoms with van der Waals surface area (Å²) in [5, 5.41) is 4.11. The lowest BCUT2D eigenvalue weighted by molar-refractivity contribution is 0.234. The maximum atomic E-state index is 5.54. The molecule has 112 valence electrons. The molecule has 0 spiro atoms. The van der Waals surface area contributed by atoms with Gasteiger partial charge in [-0.05, 0) is 31.3 Å². The van der Waals surface area contributed by atoms with E-state index in [0.717, 1.165) is 17.7 Å².